The number of hydrogen-bond donors (Lipinski definition) is 1. The highest BCUT2D eigenvalue weighted by molar-refractivity contribution is 6.30. The molecule has 3 aromatic rings. The van der Waals surface area contributed by atoms with Crippen LogP contribution in [0.4, 0.5) is 11.8 Å². The lowest BCUT2D eigenvalue weighted by Crippen LogP contribution is -2.28. The molecular weight excluding hydrogens is 362 g/mol. The molecule has 0 spiro atoms. The van der Waals surface area contributed by atoms with E-state index in [1.165, 1.54) is 0 Å². The minimum Gasteiger partial charge on any atom is -0.338 e. The van der Waals surface area contributed by atoms with E-state index in [4.69, 9.17) is 11.6 Å². The van der Waals surface area contributed by atoms with Crippen molar-refractivity contribution < 1.29 is 4.79 Å². The lowest BCUT2D eigenvalue weighted by molar-refractivity contribution is 0.0790. The van der Waals surface area contributed by atoms with Gasteiger partial charge in [-0.25, -0.2) is 15.0 Å². The predicted octanol–water partition coefficient (Wildman–Crippen LogP) is 3.90. The zero-order valence-corrected chi connectivity index (χ0v) is 15.3. The Morgan fingerprint density at radius 3 is 2.70 bits per heavy atom. The molecule has 0 saturated carbocycles. The van der Waals surface area contributed by atoms with Crippen LogP contribution in [0, 0.1) is 0 Å². The minimum atomic E-state index is 0.0232. The number of carbonyl (C=O) groups excluding carboxylic acids is 1. The van der Waals surface area contributed by atoms with Crippen molar-refractivity contribution >= 4 is 29.3 Å². The highest BCUT2D eigenvalue weighted by atomic mass is 35.5. The van der Waals surface area contributed by atoms with Crippen LogP contribution in [0.3, 0.4) is 0 Å². The van der Waals surface area contributed by atoms with Crippen LogP contribution in [-0.2, 0) is 0 Å². The fourth-order valence-corrected chi connectivity index (χ4v) is 3.30. The molecule has 7 heteroatoms. The summed E-state index contributed by atoms with van der Waals surface area (Å²) in [5.74, 6) is 1.41. The van der Waals surface area contributed by atoms with Crippen molar-refractivity contribution in [2.24, 2.45) is 0 Å². The van der Waals surface area contributed by atoms with Gasteiger partial charge < -0.3 is 10.2 Å². The summed E-state index contributed by atoms with van der Waals surface area (Å²) in [5.41, 5.74) is 1.58. The first-order valence-electron chi connectivity index (χ1n) is 8.75. The molecule has 0 aliphatic carbocycles. The van der Waals surface area contributed by atoms with E-state index in [0.29, 0.717) is 35.4 Å². The molecule has 1 aromatic carbocycles. The quantitative estimate of drug-likeness (QED) is 0.744. The topological polar surface area (TPSA) is 71.0 Å². The average molecular weight is 380 g/mol. The highest BCUT2D eigenvalue weighted by Gasteiger charge is 2.29. The fraction of sp³-hybridized carbons (Fsp3) is 0.200. The van der Waals surface area contributed by atoms with Crippen molar-refractivity contribution in [2.75, 3.05) is 18.4 Å². The molecule has 1 saturated heterocycles. The lowest BCUT2D eigenvalue weighted by Gasteiger charge is -2.16. The second-order valence-corrected chi connectivity index (χ2v) is 6.83. The van der Waals surface area contributed by atoms with Gasteiger partial charge in [-0.05, 0) is 48.9 Å². The Morgan fingerprint density at radius 2 is 1.93 bits per heavy atom. The third-order valence-corrected chi connectivity index (χ3v) is 4.82. The summed E-state index contributed by atoms with van der Waals surface area (Å²) in [4.78, 5) is 27.6. The number of carbonyl (C=O) groups is 1. The third kappa shape index (κ3) is 4.06. The van der Waals surface area contributed by atoms with Crippen LogP contribution < -0.4 is 5.32 Å². The molecule has 1 amide bonds. The number of halogens is 1. The predicted molar refractivity (Wildman–Crippen MR) is 104 cm³/mol. The van der Waals surface area contributed by atoms with E-state index in [9.17, 15) is 4.79 Å². The van der Waals surface area contributed by atoms with Gasteiger partial charge in [0.15, 0.2) is 0 Å². The molecule has 0 unspecified atom stereocenters. The summed E-state index contributed by atoms with van der Waals surface area (Å²) in [6, 6.07) is 14.5. The summed E-state index contributed by atoms with van der Waals surface area (Å²) < 4.78 is 0. The molecule has 6 nitrogen and oxygen atoms in total. The van der Waals surface area contributed by atoms with Crippen molar-refractivity contribution in [3.63, 3.8) is 0 Å². The Hall–Kier alpha value is -2.99. The number of nitrogens with zero attached hydrogens (tertiary/aromatic N) is 4. The van der Waals surface area contributed by atoms with Crippen LogP contribution in [0.5, 0.6) is 0 Å². The van der Waals surface area contributed by atoms with E-state index in [2.05, 4.69) is 20.3 Å². The maximum atomic E-state index is 12.7. The Bertz CT molecular complexity index is 933. The Morgan fingerprint density at radius 1 is 1.07 bits per heavy atom. The second-order valence-electron chi connectivity index (χ2n) is 6.39. The Kier molecular flexibility index (Phi) is 4.98. The van der Waals surface area contributed by atoms with Crippen molar-refractivity contribution in [1.29, 1.82) is 0 Å². The van der Waals surface area contributed by atoms with Crippen molar-refractivity contribution in [3.8, 4) is 0 Å². The number of hydrogen-bond acceptors (Lipinski definition) is 5. The van der Waals surface area contributed by atoms with Gasteiger partial charge in [0, 0.05) is 42.0 Å². The van der Waals surface area contributed by atoms with E-state index in [-0.39, 0.29) is 11.8 Å². The molecule has 1 fully saturated rings. The zero-order chi connectivity index (χ0) is 18.6. The number of amides is 1. The minimum absolute atomic E-state index is 0.0232. The van der Waals surface area contributed by atoms with Gasteiger partial charge in [0.1, 0.15) is 5.82 Å². The van der Waals surface area contributed by atoms with E-state index >= 15 is 0 Å². The SMILES string of the molecule is O=C(c1ccc(Cl)cc1)N1CC[C@H](c2ccnc(Nc3ccccn3)n2)C1. The van der Waals surface area contributed by atoms with Crippen molar-refractivity contribution in [3.05, 3.63) is 77.2 Å². The van der Waals surface area contributed by atoms with Gasteiger partial charge in [0.25, 0.3) is 5.91 Å². The van der Waals surface area contributed by atoms with E-state index in [0.717, 1.165) is 12.1 Å². The summed E-state index contributed by atoms with van der Waals surface area (Å²) in [6.07, 6.45) is 4.32. The van der Waals surface area contributed by atoms with Gasteiger partial charge in [-0.3, -0.25) is 4.79 Å². The number of benzene rings is 1. The first-order valence-corrected chi connectivity index (χ1v) is 9.13. The monoisotopic (exact) mass is 379 g/mol. The van der Waals surface area contributed by atoms with Crippen molar-refractivity contribution in [2.45, 2.75) is 12.3 Å². The third-order valence-electron chi connectivity index (χ3n) is 4.57. The van der Waals surface area contributed by atoms with E-state index < -0.39 is 0 Å². The average Bonchev–Trinajstić information content (AvgIpc) is 3.19. The van der Waals surface area contributed by atoms with Gasteiger partial charge in [-0.1, -0.05) is 17.7 Å². The fourth-order valence-electron chi connectivity index (χ4n) is 3.17. The molecule has 1 atom stereocenters. The van der Waals surface area contributed by atoms with Crippen molar-refractivity contribution in [1.82, 2.24) is 19.9 Å². The molecule has 0 radical (unpaired) electrons. The standard InChI is InChI=1S/C20H18ClN5O/c21-16-6-4-14(5-7-16)19(27)26-12-9-15(13-26)17-8-11-23-20(24-17)25-18-3-1-2-10-22-18/h1-8,10-11,15H,9,12-13H2,(H,22,23,24,25)/t15-/m0/s1. The molecule has 1 aliphatic rings. The summed E-state index contributed by atoms with van der Waals surface area (Å²) >= 11 is 5.90. The largest absolute Gasteiger partial charge is 0.338 e. The van der Waals surface area contributed by atoms with Gasteiger partial charge in [-0.15, -0.1) is 0 Å². The summed E-state index contributed by atoms with van der Waals surface area (Å²) in [7, 11) is 0. The number of anilines is 2. The number of likely N-dealkylation sites (tertiary alicyclic amines) is 1. The first kappa shape index (κ1) is 17.4. The molecule has 136 valence electrons. The van der Waals surface area contributed by atoms with Crippen LogP contribution in [-0.4, -0.2) is 38.8 Å². The molecule has 3 heterocycles. The highest BCUT2D eigenvalue weighted by Crippen LogP contribution is 2.27. The van der Waals surface area contributed by atoms with Crippen LogP contribution in [0.25, 0.3) is 0 Å². The maximum absolute atomic E-state index is 12.7. The molecule has 0 bridgehead atoms. The molecule has 1 N–H and O–H groups in total. The lowest BCUT2D eigenvalue weighted by atomic mass is 10.1. The Balaban J connectivity index is 1.45. The first-order chi connectivity index (χ1) is 13.2. The van der Waals surface area contributed by atoms with E-state index in [1.807, 2.05) is 29.2 Å². The molecule has 2 aromatic heterocycles. The maximum Gasteiger partial charge on any atom is 0.253 e. The molecular formula is C20H18ClN5O. The van der Waals surface area contributed by atoms with Crippen LogP contribution in [0.15, 0.2) is 60.9 Å². The molecule has 4 rings (SSSR count). The van der Waals surface area contributed by atoms with Gasteiger partial charge in [0.05, 0.1) is 5.69 Å². The van der Waals surface area contributed by atoms with Crippen LogP contribution in [0.1, 0.15) is 28.4 Å². The molecule has 1 aliphatic heterocycles. The van der Waals surface area contributed by atoms with Crippen LogP contribution >= 0.6 is 11.6 Å². The number of nitrogens with one attached hydrogen (secondary N) is 1. The summed E-state index contributed by atoms with van der Waals surface area (Å²) in [6.45, 7) is 1.35. The number of aromatic nitrogens is 3. The number of rotatable bonds is 4. The number of pyridine rings is 1. The normalized spacial score (nSPS) is 16.3. The van der Waals surface area contributed by atoms with Gasteiger partial charge in [0.2, 0.25) is 5.95 Å². The van der Waals surface area contributed by atoms with Crippen LogP contribution in [0.2, 0.25) is 5.02 Å². The van der Waals surface area contributed by atoms with Gasteiger partial charge in [-0.2, -0.15) is 0 Å². The Labute approximate surface area is 162 Å². The summed E-state index contributed by atoms with van der Waals surface area (Å²) in [5, 5.41) is 3.73. The smallest absolute Gasteiger partial charge is 0.253 e. The second kappa shape index (κ2) is 7.72. The molecule has 27 heavy (non-hydrogen) atoms. The van der Waals surface area contributed by atoms with Gasteiger partial charge >= 0.3 is 0 Å². The van der Waals surface area contributed by atoms with E-state index in [1.54, 1.807) is 36.7 Å². The zero-order valence-electron chi connectivity index (χ0n) is 14.5.